The van der Waals surface area contributed by atoms with Crippen LogP contribution in [0.5, 0.6) is 0 Å². The number of aromatic nitrogens is 1. The van der Waals surface area contributed by atoms with Crippen LogP contribution >= 0.6 is 0 Å². The van der Waals surface area contributed by atoms with Crippen molar-refractivity contribution in [1.29, 1.82) is 0 Å². The molecular formula is C15H21NO2. The monoisotopic (exact) mass is 247 g/mol. The molecule has 3 nitrogen and oxygen atoms in total. The second-order valence-electron chi connectivity index (χ2n) is 4.10. The molecule has 0 aromatic carbocycles. The van der Waals surface area contributed by atoms with Crippen molar-refractivity contribution in [3.05, 3.63) is 47.5 Å². The van der Waals surface area contributed by atoms with Gasteiger partial charge in [0, 0.05) is 6.20 Å². The van der Waals surface area contributed by atoms with Gasteiger partial charge in [0.05, 0.1) is 24.7 Å². The first kappa shape index (κ1) is 14.5. The normalized spacial score (nSPS) is 14.5. The van der Waals surface area contributed by atoms with Crippen molar-refractivity contribution in [2.45, 2.75) is 33.3 Å². The third-order valence-corrected chi connectivity index (χ3v) is 2.84. The van der Waals surface area contributed by atoms with Crippen molar-refractivity contribution in [1.82, 2.24) is 4.98 Å². The number of rotatable bonds is 5. The van der Waals surface area contributed by atoms with Crippen molar-refractivity contribution in [3.8, 4) is 0 Å². The Labute approximate surface area is 109 Å². The smallest absolute Gasteiger partial charge is 0.0957 e. The largest absolute Gasteiger partial charge is 0.501 e. The molecule has 0 spiro atoms. The molecule has 0 saturated heterocycles. The summed E-state index contributed by atoms with van der Waals surface area (Å²) in [6.07, 6.45) is 5.95. The van der Waals surface area contributed by atoms with Gasteiger partial charge in [-0.25, -0.2) is 0 Å². The van der Waals surface area contributed by atoms with E-state index in [-0.39, 0.29) is 0 Å². The van der Waals surface area contributed by atoms with Gasteiger partial charge in [-0.3, -0.25) is 4.98 Å². The third kappa shape index (κ3) is 3.70. The SMILES string of the molecule is CC=C(C=C(C)OC)c1ccc(C(O)CC)nc1. The van der Waals surface area contributed by atoms with Gasteiger partial charge in [-0.2, -0.15) is 0 Å². The van der Waals surface area contributed by atoms with E-state index in [0.717, 1.165) is 16.9 Å². The Hall–Kier alpha value is -1.61. The molecule has 0 radical (unpaired) electrons. The average molecular weight is 247 g/mol. The van der Waals surface area contributed by atoms with Crippen LogP contribution in [0.2, 0.25) is 0 Å². The van der Waals surface area contributed by atoms with Gasteiger partial charge in [-0.15, -0.1) is 0 Å². The van der Waals surface area contributed by atoms with Crippen molar-refractivity contribution in [2.24, 2.45) is 0 Å². The molecular weight excluding hydrogens is 226 g/mol. The zero-order valence-corrected chi connectivity index (χ0v) is 11.5. The van der Waals surface area contributed by atoms with Gasteiger partial charge in [0.25, 0.3) is 0 Å². The number of pyridine rings is 1. The predicted molar refractivity (Wildman–Crippen MR) is 73.9 cm³/mol. The minimum atomic E-state index is -0.482. The van der Waals surface area contributed by atoms with Gasteiger partial charge in [0.15, 0.2) is 0 Å². The number of hydrogen-bond acceptors (Lipinski definition) is 3. The summed E-state index contributed by atoms with van der Waals surface area (Å²) in [6.45, 7) is 5.82. The summed E-state index contributed by atoms with van der Waals surface area (Å²) in [4.78, 5) is 4.29. The summed E-state index contributed by atoms with van der Waals surface area (Å²) in [5.74, 6) is 0.848. The van der Waals surface area contributed by atoms with Gasteiger partial charge in [-0.1, -0.05) is 19.1 Å². The first-order valence-electron chi connectivity index (χ1n) is 6.15. The lowest BCUT2D eigenvalue weighted by Crippen LogP contribution is -1.98. The van der Waals surface area contributed by atoms with Crippen LogP contribution in [0.3, 0.4) is 0 Å². The summed E-state index contributed by atoms with van der Waals surface area (Å²) in [6, 6.07) is 3.83. The highest BCUT2D eigenvalue weighted by Gasteiger charge is 2.06. The van der Waals surface area contributed by atoms with Crippen LogP contribution in [0.25, 0.3) is 5.57 Å². The molecule has 0 bridgehead atoms. The number of ether oxygens (including phenoxy) is 1. The standard InChI is InChI=1S/C15H21NO2/c1-5-12(9-11(3)18-4)13-7-8-14(16-10-13)15(17)6-2/h5,7-10,15,17H,6H2,1-4H3. The molecule has 1 aromatic heterocycles. The number of hydrogen-bond donors (Lipinski definition) is 1. The lowest BCUT2D eigenvalue weighted by atomic mass is 10.1. The van der Waals surface area contributed by atoms with E-state index in [2.05, 4.69) is 4.98 Å². The Balaban J connectivity index is 2.96. The lowest BCUT2D eigenvalue weighted by molar-refractivity contribution is 0.169. The molecule has 98 valence electrons. The van der Waals surface area contributed by atoms with Crippen LogP contribution in [0.1, 0.15) is 44.6 Å². The fraction of sp³-hybridized carbons (Fsp3) is 0.400. The van der Waals surface area contributed by atoms with Crippen LogP contribution in [0.15, 0.2) is 36.2 Å². The average Bonchev–Trinajstić information content (AvgIpc) is 2.43. The maximum Gasteiger partial charge on any atom is 0.0957 e. The molecule has 1 rings (SSSR count). The van der Waals surface area contributed by atoms with E-state index >= 15 is 0 Å². The Morgan fingerprint density at radius 3 is 2.67 bits per heavy atom. The molecule has 1 atom stereocenters. The Morgan fingerprint density at radius 1 is 1.50 bits per heavy atom. The van der Waals surface area contributed by atoms with Crippen LogP contribution in [0, 0.1) is 0 Å². The molecule has 0 amide bonds. The van der Waals surface area contributed by atoms with Gasteiger partial charge in [0.2, 0.25) is 0 Å². The highest BCUT2D eigenvalue weighted by Crippen LogP contribution is 2.20. The maximum absolute atomic E-state index is 9.69. The number of methoxy groups -OCH3 is 1. The minimum absolute atomic E-state index is 0.482. The molecule has 1 aromatic rings. The fourth-order valence-corrected chi connectivity index (χ4v) is 1.59. The Morgan fingerprint density at radius 2 is 2.22 bits per heavy atom. The molecule has 1 unspecified atom stereocenters. The number of aliphatic hydroxyl groups excluding tert-OH is 1. The molecule has 0 fully saturated rings. The second-order valence-corrected chi connectivity index (χ2v) is 4.10. The van der Waals surface area contributed by atoms with Gasteiger partial charge in [-0.05, 0) is 43.5 Å². The maximum atomic E-state index is 9.69. The zero-order valence-electron chi connectivity index (χ0n) is 11.5. The summed E-state index contributed by atoms with van der Waals surface area (Å²) < 4.78 is 5.14. The highest BCUT2D eigenvalue weighted by molar-refractivity contribution is 5.73. The van der Waals surface area contributed by atoms with E-state index in [9.17, 15) is 5.11 Å². The molecule has 1 N–H and O–H groups in total. The van der Waals surface area contributed by atoms with E-state index in [0.29, 0.717) is 12.1 Å². The number of allylic oxidation sites excluding steroid dienone is 4. The van der Waals surface area contributed by atoms with Crippen molar-refractivity contribution in [3.63, 3.8) is 0 Å². The molecule has 18 heavy (non-hydrogen) atoms. The van der Waals surface area contributed by atoms with Gasteiger partial charge < -0.3 is 9.84 Å². The summed E-state index contributed by atoms with van der Waals surface area (Å²) >= 11 is 0. The minimum Gasteiger partial charge on any atom is -0.501 e. The Kier molecular flexibility index (Phi) is 5.59. The molecule has 0 aliphatic rings. The quantitative estimate of drug-likeness (QED) is 0.640. The van der Waals surface area contributed by atoms with E-state index in [1.807, 2.05) is 45.1 Å². The van der Waals surface area contributed by atoms with E-state index < -0.39 is 6.10 Å². The van der Waals surface area contributed by atoms with Crippen LogP contribution in [-0.4, -0.2) is 17.2 Å². The van der Waals surface area contributed by atoms with Crippen molar-refractivity contribution in [2.75, 3.05) is 7.11 Å². The van der Waals surface area contributed by atoms with Crippen LogP contribution < -0.4 is 0 Å². The molecule has 3 heteroatoms. The summed E-state index contributed by atoms with van der Waals surface area (Å²) in [5.41, 5.74) is 2.78. The van der Waals surface area contributed by atoms with Gasteiger partial charge >= 0.3 is 0 Å². The van der Waals surface area contributed by atoms with Crippen molar-refractivity contribution >= 4 is 5.57 Å². The fourth-order valence-electron chi connectivity index (χ4n) is 1.59. The summed E-state index contributed by atoms with van der Waals surface area (Å²) in [5, 5.41) is 9.69. The second kappa shape index (κ2) is 6.97. The topological polar surface area (TPSA) is 42.4 Å². The summed E-state index contributed by atoms with van der Waals surface area (Å²) in [7, 11) is 1.65. The van der Waals surface area contributed by atoms with E-state index in [1.54, 1.807) is 13.3 Å². The first-order chi connectivity index (χ1) is 8.62. The highest BCUT2D eigenvalue weighted by atomic mass is 16.5. The van der Waals surface area contributed by atoms with Crippen molar-refractivity contribution < 1.29 is 9.84 Å². The predicted octanol–water partition coefficient (Wildman–Crippen LogP) is 3.48. The Bertz CT molecular complexity index is 432. The number of aliphatic hydroxyl groups is 1. The molecule has 0 saturated carbocycles. The van der Waals surface area contributed by atoms with Crippen LogP contribution in [-0.2, 0) is 4.74 Å². The third-order valence-electron chi connectivity index (χ3n) is 2.84. The van der Waals surface area contributed by atoms with E-state index in [1.165, 1.54) is 0 Å². The molecule has 0 aliphatic heterocycles. The van der Waals surface area contributed by atoms with Crippen LogP contribution in [0.4, 0.5) is 0 Å². The van der Waals surface area contributed by atoms with Gasteiger partial charge in [0.1, 0.15) is 0 Å². The van der Waals surface area contributed by atoms with E-state index in [4.69, 9.17) is 4.74 Å². The lowest BCUT2D eigenvalue weighted by Gasteiger charge is -2.09. The first-order valence-corrected chi connectivity index (χ1v) is 6.15. The zero-order chi connectivity index (χ0) is 13.5. The molecule has 1 heterocycles. The molecule has 0 aliphatic carbocycles. The number of nitrogens with zero attached hydrogens (tertiary/aromatic N) is 1.